The van der Waals surface area contributed by atoms with Crippen molar-refractivity contribution in [3.05, 3.63) is 133 Å². The van der Waals surface area contributed by atoms with E-state index in [-0.39, 0.29) is 31.9 Å². The van der Waals surface area contributed by atoms with Crippen molar-refractivity contribution < 1.29 is 21.1 Å². The Morgan fingerprint density at radius 2 is 1.17 bits per heavy atom. The van der Waals surface area contributed by atoms with Gasteiger partial charge in [0, 0.05) is 18.1 Å². The molecule has 0 bridgehead atoms. The maximum absolute atomic E-state index is 5.39. The Kier molecular flexibility index (Phi) is 8.34. The summed E-state index contributed by atoms with van der Waals surface area (Å²) in [6, 6.07) is 40.0. The molecule has 0 spiro atoms. The van der Waals surface area contributed by atoms with Crippen LogP contribution in [-0.4, -0.2) is 9.97 Å². The van der Waals surface area contributed by atoms with Gasteiger partial charge in [0.05, 0.1) is 5.69 Å². The molecular formula is C42H37N3Pt. The summed E-state index contributed by atoms with van der Waals surface area (Å²) in [7, 11) is 0. The maximum Gasteiger partial charge on any atom is 2.00 e. The summed E-state index contributed by atoms with van der Waals surface area (Å²) >= 11 is 0. The number of aromatic nitrogens is 3. The first-order valence-electron chi connectivity index (χ1n) is 15.6. The summed E-state index contributed by atoms with van der Waals surface area (Å²) in [5.41, 5.74) is 12.6. The van der Waals surface area contributed by atoms with E-state index in [1.54, 1.807) is 0 Å². The van der Waals surface area contributed by atoms with Gasteiger partial charge in [-0.3, -0.25) is 9.97 Å². The fourth-order valence-electron chi connectivity index (χ4n) is 5.95. The van der Waals surface area contributed by atoms with Gasteiger partial charge in [-0.2, -0.15) is 5.52 Å². The van der Waals surface area contributed by atoms with Crippen LogP contribution in [0.25, 0.3) is 66.6 Å². The Morgan fingerprint density at radius 1 is 0.543 bits per heavy atom. The van der Waals surface area contributed by atoms with Crippen LogP contribution in [0.4, 0.5) is 0 Å². The van der Waals surface area contributed by atoms with Gasteiger partial charge in [0.15, 0.2) is 0 Å². The fraction of sp³-hybridized carbons (Fsp3) is 0.190. The predicted molar refractivity (Wildman–Crippen MR) is 188 cm³/mol. The van der Waals surface area contributed by atoms with E-state index < -0.39 is 0 Å². The van der Waals surface area contributed by atoms with Gasteiger partial charge in [-0.25, -0.2) is 0 Å². The third-order valence-corrected chi connectivity index (χ3v) is 8.64. The zero-order valence-corrected chi connectivity index (χ0v) is 29.4. The molecule has 4 aromatic carbocycles. The molecule has 0 aliphatic heterocycles. The molecule has 3 heterocycles. The van der Waals surface area contributed by atoms with E-state index >= 15 is 0 Å². The Labute approximate surface area is 286 Å². The number of hydrogen-bond acceptors (Lipinski definition) is 2. The molecule has 3 aromatic heterocycles. The van der Waals surface area contributed by atoms with Gasteiger partial charge in [-0.05, 0) is 61.6 Å². The fourth-order valence-corrected chi connectivity index (χ4v) is 5.95. The zero-order chi connectivity index (χ0) is 31.3. The minimum Gasteiger partial charge on any atom is -0.662 e. The van der Waals surface area contributed by atoms with E-state index in [9.17, 15) is 0 Å². The van der Waals surface area contributed by atoms with E-state index in [0.29, 0.717) is 0 Å². The second-order valence-corrected chi connectivity index (χ2v) is 13.9. The largest absolute Gasteiger partial charge is 2.00 e. The molecule has 0 amide bonds. The number of benzene rings is 4. The summed E-state index contributed by atoms with van der Waals surface area (Å²) in [6.45, 7) is 13.6. The number of rotatable bonds is 4. The molecule has 7 aromatic rings. The predicted octanol–water partition coefficient (Wildman–Crippen LogP) is 10.8. The van der Waals surface area contributed by atoms with Gasteiger partial charge >= 0.3 is 21.1 Å². The van der Waals surface area contributed by atoms with Crippen LogP contribution in [0.1, 0.15) is 52.7 Å². The average molecular weight is 779 g/mol. The molecule has 0 radical (unpaired) electrons. The number of hydrogen-bond donors (Lipinski definition) is 0. The van der Waals surface area contributed by atoms with Crippen molar-refractivity contribution in [2.45, 2.75) is 52.4 Å². The van der Waals surface area contributed by atoms with Crippen LogP contribution < -0.4 is 4.98 Å². The van der Waals surface area contributed by atoms with Crippen LogP contribution >= 0.6 is 0 Å². The van der Waals surface area contributed by atoms with Crippen molar-refractivity contribution >= 4 is 21.8 Å². The molecule has 3 nitrogen and oxygen atoms in total. The van der Waals surface area contributed by atoms with Gasteiger partial charge in [0.2, 0.25) is 0 Å². The van der Waals surface area contributed by atoms with Gasteiger partial charge < -0.3 is 4.98 Å². The molecule has 0 saturated heterocycles. The van der Waals surface area contributed by atoms with E-state index in [0.717, 1.165) is 55.8 Å². The summed E-state index contributed by atoms with van der Waals surface area (Å²) < 4.78 is 0. The van der Waals surface area contributed by atoms with Gasteiger partial charge in [0.25, 0.3) is 0 Å². The molecule has 0 aliphatic rings. The molecule has 0 atom stereocenters. The van der Waals surface area contributed by atoms with E-state index in [4.69, 9.17) is 15.0 Å². The van der Waals surface area contributed by atoms with Crippen molar-refractivity contribution in [3.63, 3.8) is 0 Å². The van der Waals surface area contributed by atoms with Crippen molar-refractivity contribution in [1.82, 2.24) is 15.0 Å². The van der Waals surface area contributed by atoms with Crippen molar-refractivity contribution in [2.75, 3.05) is 0 Å². The van der Waals surface area contributed by atoms with E-state index in [1.165, 1.54) is 21.9 Å². The summed E-state index contributed by atoms with van der Waals surface area (Å²) in [5.74, 6) is 0. The van der Waals surface area contributed by atoms with Crippen molar-refractivity contribution in [3.8, 4) is 44.8 Å². The van der Waals surface area contributed by atoms with Crippen LogP contribution in [0.5, 0.6) is 0 Å². The standard InChI is InChI=1S/C42H37N3.Pt/c1-41(2,3)31-22-33(28-15-12-16-29(21-28)37-19-18-30(26-44-37)27-13-8-7-9-14-27)39-34(23-31)35-24-32(42(4,5)6)25-36(40(35)45-39)38-17-10-11-20-43-38;/h7-20,22-26H,1-6H3;/q-2;+2. The third-order valence-electron chi connectivity index (χ3n) is 8.64. The molecule has 46 heavy (non-hydrogen) atoms. The molecule has 230 valence electrons. The number of fused-ring (bicyclic) bond motifs is 3. The SMILES string of the molecule is CC(C)(C)c1cc(-c2[c-]c(-c3ccc(-c4ccccc4)cn3)ccc2)c2[n-]c3c(-c4ccccn4)cc(C(C)(C)C)cc3c2c1.[Pt+2]. The topological polar surface area (TPSA) is 39.9 Å². The first-order valence-corrected chi connectivity index (χ1v) is 15.6. The molecular weight excluding hydrogens is 742 g/mol. The van der Waals surface area contributed by atoms with Crippen LogP contribution in [0.3, 0.4) is 0 Å². The molecule has 7 rings (SSSR count). The van der Waals surface area contributed by atoms with Crippen LogP contribution in [0.15, 0.2) is 116 Å². The first kappa shape index (κ1) is 31.6. The summed E-state index contributed by atoms with van der Waals surface area (Å²) in [6.07, 6.45) is 3.80. The Balaban J connectivity index is 0.00000372. The smallest absolute Gasteiger partial charge is 0.662 e. The Bertz CT molecular complexity index is 2150. The monoisotopic (exact) mass is 778 g/mol. The summed E-state index contributed by atoms with van der Waals surface area (Å²) in [5, 5.41) is 2.33. The Morgan fingerprint density at radius 3 is 1.78 bits per heavy atom. The average Bonchev–Trinajstić information content (AvgIpc) is 3.43. The maximum atomic E-state index is 5.39. The molecule has 0 unspecified atom stereocenters. The van der Waals surface area contributed by atoms with Gasteiger partial charge in [0.1, 0.15) is 0 Å². The second kappa shape index (κ2) is 12.1. The van der Waals surface area contributed by atoms with Crippen molar-refractivity contribution in [2.24, 2.45) is 0 Å². The summed E-state index contributed by atoms with van der Waals surface area (Å²) in [4.78, 5) is 15.0. The molecule has 0 N–H and O–H groups in total. The molecule has 4 heteroatoms. The second-order valence-electron chi connectivity index (χ2n) is 13.9. The van der Waals surface area contributed by atoms with Crippen LogP contribution in [0, 0.1) is 6.07 Å². The third kappa shape index (κ3) is 5.97. The first-order chi connectivity index (χ1) is 21.6. The molecule has 0 aliphatic carbocycles. The van der Waals surface area contributed by atoms with Gasteiger partial charge in [-0.15, -0.1) is 35.3 Å². The van der Waals surface area contributed by atoms with Gasteiger partial charge in [-0.1, -0.05) is 125 Å². The number of pyridine rings is 2. The minimum atomic E-state index is -0.0512. The van der Waals surface area contributed by atoms with Crippen molar-refractivity contribution in [1.29, 1.82) is 0 Å². The quantitative estimate of drug-likeness (QED) is 0.167. The van der Waals surface area contributed by atoms with Crippen LogP contribution in [0.2, 0.25) is 0 Å². The van der Waals surface area contributed by atoms with E-state index in [1.807, 2.05) is 30.6 Å². The zero-order valence-electron chi connectivity index (χ0n) is 27.1. The minimum absolute atomic E-state index is 0. The van der Waals surface area contributed by atoms with Crippen LogP contribution in [-0.2, 0) is 31.9 Å². The molecule has 0 saturated carbocycles. The normalized spacial score (nSPS) is 12.0. The molecule has 0 fully saturated rings. The van der Waals surface area contributed by atoms with E-state index in [2.05, 4.69) is 133 Å². The number of nitrogens with zero attached hydrogens (tertiary/aromatic N) is 3. The Hall–Kier alpha value is -4.33.